The standard InChI is InChI=1S/C25H38FN3/c1-17(2)18-5-8-21(9-6-18)29-24-10-7-20(26)16-23(24)22(4-3-13-27)25(29)19-11-14-28-15-12-19/h7,10,16-19,21,28H,3-6,8-9,11-15,27H2,1-2H3. The Balaban J connectivity index is 1.80. The summed E-state index contributed by atoms with van der Waals surface area (Å²) in [4.78, 5) is 0. The van der Waals surface area contributed by atoms with Gasteiger partial charge in [-0.1, -0.05) is 13.8 Å². The fourth-order valence-corrected chi connectivity index (χ4v) is 5.87. The number of aryl methyl sites for hydroxylation is 1. The fourth-order valence-electron chi connectivity index (χ4n) is 5.87. The second kappa shape index (κ2) is 9.18. The molecule has 1 saturated heterocycles. The van der Waals surface area contributed by atoms with Crippen LogP contribution in [0.25, 0.3) is 10.9 Å². The van der Waals surface area contributed by atoms with Gasteiger partial charge in [-0.05, 0) is 107 Å². The zero-order valence-corrected chi connectivity index (χ0v) is 18.2. The SMILES string of the molecule is CC(C)C1CCC(n2c(C3CCNCC3)c(CCCN)c3cc(F)ccc32)CC1. The maximum Gasteiger partial charge on any atom is 0.123 e. The van der Waals surface area contributed by atoms with Gasteiger partial charge in [-0.25, -0.2) is 4.39 Å². The molecule has 0 unspecified atom stereocenters. The number of halogens is 1. The molecule has 1 aromatic heterocycles. The van der Waals surface area contributed by atoms with Gasteiger partial charge < -0.3 is 15.6 Å². The van der Waals surface area contributed by atoms with Crippen molar-refractivity contribution in [3.63, 3.8) is 0 Å². The molecule has 0 spiro atoms. The Labute approximate surface area is 175 Å². The third-order valence-electron chi connectivity index (χ3n) is 7.52. The average Bonchev–Trinajstić information content (AvgIpc) is 3.06. The summed E-state index contributed by atoms with van der Waals surface area (Å²) in [6.45, 7) is 7.58. The number of hydrogen-bond acceptors (Lipinski definition) is 2. The molecule has 0 bridgehead atoms. The van der Waals surface area contributed by atoms with E-state index in [1.165, 1.54) is 55.3 Å². The highest BCUT2D eigenvalue weighted by Gasteiger charge is 2.31. The number of nitrogens with two attached hydrogens (primary N) is 1. The molecule has 0 atom stereocenters. The first-order chi connectivity index (χ1) is 14.1. The number of fused-ring (bicyclic) bond motifs is 1. The zero-order valence-electron chi connectivity index (χ0n) is 18.2. The van der Waals surface area contributed by atoms with Gasteiger partial charge in [0.2, 0.25) is 0 Å². The maximum absolute atomic E-state index is 14.3. The van der Waals surface area contributed by atoms with Gasteiger partial charge in [-0.3, -0.25) is 0 Å². The van der Waals surface area contributed by atoms with Gasteiger partial charge in [0.05, 0.1) is 0 Å². The topological polar surface area (TPSA) is 43.0 Å². The fraction of sp³-hybridized carbons (Fsp3) is 0.680. The van der Waals surface area contributed by atoms with E-state index in [4.69, 9.17) is 5.73 Å². The van der Waals surface area contributed by atoms with Gasteiger partial charge in [0.15, 0.2) is 0 Å². The monoisotopic (exact) mass is 399 g/mol. The largest absolute Gasteiger partial charge is 0.341 e. The molecule has 2 aromatic rings. The molecule has 2 fully saturated rings. The van der Waals surface area contributed by atoms with E-state index in [0.29, 0.717) is 18.5 Å². The lowest BCUT2D eigenvalue weighted by Crippen LogP contribution is -2.29. The van der Waals surface area contributed by atoms with E-state index in [9.17, 15) is 4.39 Å². The van der Waals surface area contributed by atoms with E-state index < -0.39 is 0 Å². The third kappa shape index (κ3) is 4.25. The molecular weight excluding hydrogens is 361 g/mol. The van der Waals surface area contributed by atoms with Gasteiger partial charge in [0, 0.05) is 28.6 Å². The van der Waals surface area contributed by atoms with Crippen LogP contribution in [0.2, 0.25) is 0 Å². The second-order valence-electron chi connectivity index (χ2n) is 9.62. The third-order valence-corrected chi connectivity index (χ3v) is 7.52. The van der Waals surface area contributed by atoms with Gasteiger partial charge in [-0.2, -0.15) is 0 Å². The predicted molar refractivity (Wildman–Crippen MR) is 120 cm³/mol. The number of hydrogen-bond donors (Lipinski definition) is 2. The van der Waals surface area contributed by atoms with Crippen molar-refractivity contribution < 1.29 is 4.39 Å². The Morgan fingerprint density at radius 2 is 1.83 bits per heavy atom. The Bertz CT molecular complexity index is 811. The quantitative estimate of drug-likeness (QED) is 0.671. The Kier molecular flexibility index (Phi) is 6.60. The van der Waals surface area contributed by atoms with E-state index in [0.717, 1.165) is 43.2 Å². The summed E-state index contributed by atoms with van der Waals surface area (Å²) in [5, 5.41) is 4.65. The summed E-state index contributed by atoms with van der Waals surface area (Å²) in [6, 6.07) is 6.02. The summed E-state index contributed by atoms with van der Waals surface area (Å²) in [7, 11) is 0. The van der Waals surface area contributed by atoms with Crippen molar-refractivity contribution in [2.24, 2.45) is 17.6 Å². The summed E-state index contributed by atoms with van der Waals surface area (Å²) >= 11 is 0. The van der Waals surface area contributed by atoms with Crippen LogP contribution >= 0.6 is 0 Å². The first-order valence-electron chi connectivity index (χ1n) is 11.8. The van der Waals surface area contributed by atoms with Crippen molar-refractivity contribution in [3.05, 3.63) is 35.3 Å². The van der Waals surface area contributed by atoms with Crippen LogP contribution in [0.3, 0.4) is 0 Å². The first kappa shape index (κ1) is 20.9. The average molecular weight is 400 g/mol. The predicted octanol–water partition coefficient (Wildman–Crippen LogP) is 5.53. The van der Waals surface area contributed by atoms with Crippen molar-refractivity contribution in [1.82, 2.24) is 9.88 Å². The van der Waals surface area contributed by atoms with Crippen molar-refractivity contribution in [2.45, 2.75) is 77.2 Å². The number of nitrogens with zero attached hydrogens (tertiary/aromatic N) is 1. The van der Waals surface area contributed by atoms with Crippen LogP contribution in [0.4, 0.5) is 4.39 Å². The molecule has 1 saturated carbocycles. The van der Waals surface area contributed by atoms with E-state index in [1.54, 1.807) is 12.1 Å². The number of nitrogens with one attached hydrogen (secondary N) is 1. The lowest BCUT2D eigenvalue weighted by atomic mass is 9.79. The molecule has 3 nitrogen and oxygen atoms in total. The van der Waals surface area contributed by atoms with Gasteiger partial charge in [0.1, 0.15) is 5.82 Å². The highest BCUT2D eigenvalue weighted by molar-refractivity contribution is 5.86. The molecule has 29 heavy (non-hydrogen) atoms. The highest BCUT2D eigenvalue weighted by atomic mass is 19.1. The van der Waals surface area contributed by atoms with E-state index in [2.05, 4.69) is 23.7 Å². The summed E-state index contributed by atoms with van der Waals surface area (Å²) in [5.41, 5.74) is 10.0. The maximum atomic E-state index is 14.3. The van der Waals surface area contributed by atoms with Crippen LogP contribution in [0.1, 0.15) is 82.0 Å². The molecular formula is C25H38FN3. The molecule has 1 aliphatic heterocycles. The van der Waals surface area contributed by atoms with Gasteiger partial charge in [0.25, 0.3) is 0 Å². The van der Waals surface area contributed by atoms with E-state index in [1.807, 2.05) is 6.07 Å². The van der Waals surface area contributed by atoms with Crippen LogP contribution < -0.4 is 11.1 Å². The Hall–Kier alpha value is -1.39. The number of rotatable bonds is 6. The second-order valence-corrected chi connectivity index (χ2v) is 9.62. The van der Waals surface area contributed by atoms with E-state index in [-0.39, 0.29) is 5.82 Å². The molecule has 0 radical (unpaired) electrons. The lowest BCUT2D eigenvalue weighted by molar-refractivity contribution is 0.224. The summed E-state index contributed by atoms with van der Waals surface area (Å²) in [5.74, 6) is 2.08. The molecule has 4 rings (SSSR count). The van der Waals surface area contributed by atoms with Gasteiger partial charge in [-0.15, -0.1) is 0 Å². The van der Waals surface area contributed by atoms with Crippen molar-refractivity contribution in [3.8, 4) is 0 Å². The van der Waals surface area contributed by atoms with Crippen LogP contribution in [0, 0.1) is 17.7 Å². The normalized spacial score (nSPS) is 23.9. The zero-order chi connectivity index (χ0) is 20.4. The molecule has 2 heterocycles. The van der Waals surface area contributed by atoms with Crippen LogP contribution in [0.15, 0.2) is 18.2 Å². The molecule has 160 valence electrons. The minimum absolute atomic E-state index is 0.121. The van der Waals surface area contributed by atoms with Crippen LogP contribution in [-0.4, -0.2) is 24.2 Å². The molecule has 4 heteroatoms. The highest BCUT2D eigenvalue weighted by Crippen LogP contribution is 2.43. The Morgan fingerprint density at radius 3 is 2.48 bits per heavy atom. The van der Waals surface area contributed by atoms with Gasteiger partial charge >= 0.3 is 0 Å². The smallest absolute Gasteiger partial charge is 0.123 e. The lowest BCUT2D eigenvalue weighted by Gasteiger charge is -2.35. The molecule has 2 aliphatic rings. The van der Waals surface area contributed by atoms with E-state index >= 15 is 0 Å². The molecule has 3 N–H and O–H groups in total. The molecule has 1 aliphatic carbocycles. The number of aromatic nitrogens is 1. The van der Waals surface area contributed by atoms with Crippen molar-refractivity contribution in [2.75, 3.05) is 19.6 Å². The van der Waals surface area contributed by atoms with Crippen LogP contribution in [0.5, 0.6) is 0 Å². The Morgan fingerprint density at radius 1 is 1.10 bits per heavy atom. The first-order valence-corrected chi connectivity index (χ1v) is 11.8. The molecule has 0 amide bonds. The number of piperidine rings is 1. The van der Waals surface area contributed by atoms with Crippen molar-refractivity contribution in [1.29, 1.82) is 0 Å². The van der Waals surface area contributed by atoms with Crippen LogP contribution in [-0.2, 0) is 6.42 Å². The number of benzene rings is 1. The summed E-state index contributed by atoms with van der Waals surface area (Å²) < 4.78 is 16.9. The molecule has 1 aromatic carbocycles. The minimum atomic E-state index is -0.121. The van der Waals surface area contributed by atoms with Crippen molar-refractivity contribution >= 4 is 10.9 Å². The minimum Gasteiger partial charge on any atom is -0.341 e. The summed E-state index contributed by atoms with van der Waals surface area (Å²) in [6.07, 6.45) is 9.40.